The number of carbonyl (C=O) groups is 1. The number of hydrogen-bond donors (Lipinski definition) is 3. The summed E-state index contributed by atoms with van der Waals surface area (Å²) in [6, 6.07) is 16.0. The molecule has 11 heteroatoms. The van der Waals surface area contributed by atoms with E-state index in [2.05, 4.69) is 10.3 Å². The van der Waals surface area contributed by atoms with Crippen molar-refractivity contribution in [3.8, 4) is 11.5 Å². The Morgan fingerprint density at radius 1 is 0.970 bits per heavy atom. The Hall–Kier alpha value is -3.33. The predicted molar refractivity (Wildman–Crippen MR) is 116 cm³/mol. The topological polar surface area (TPSA) is 118 Å². The van der Waals surface area contributed by atoms with Crippen LogP contribution < -0.4 is 20.1 Å². The Bertz CT molecular complexity index is 1140. The number of rotatable bonds is 10. The monoisotopic (exact) mass is 478 g/mol. The minimum Gasteiger partial charge on any atom is -0.487 e. The van der Waals surface area contributed by atoms with Crippen LogP contribution in [0.4, 0.5) is 8.78 Å². The molecule has 3 aromatic rings. The van der Waals surface area contributed by atoms with Gasteiger partial charge in [-0.05, 0) is 36.4 Å². The van der Waals surface area contributed by atoms with E-state index in [9.17, 15) is 27.9 Å². The lowest BCUT2D eigenvalue weighted by Crippen LogP contribution is -2.38. The molecule has 0 unspecified atom stereocenters. The first-order valence-corrected chi connectivity index (χ1v) is 11.3. The molecule has 0 atom stereocenters. The van der Waals surface area contributed by atoms with Gasteiger partial charge in [0.2, 0.25) is 0 Å². The van der Waals surface area contributed by atoms with E-state index in [1.165, 1.54) is 36.4 Å². The van der Waals surface area contributed by atoms with Crippen molar-refractivity contribution < 1.29 is 37.4 Å². The second-order valence-corrected chi connectivity index (χ2v) is 8.46. The van der Waals surface area contributed by atoms with E-state index in [1.54, 1.807) is 30.5 Å². The van der Waals surface area contributed by atoms with Crippen LogP contribution in [0, 0.1) is 0 Å². The third kappa shape index (κ3) is 6.82. The van der Waals surface area contributed by atoms with Gasteiger partial charge in [0, 0.05) is 6.20 Å². The molecule has 3 rings (SSSR count). The summed E-state index contributed by atoms with van der Waals surface area (Å²) in [7, 11) is -4.63. The number of hydrogen-bond acceptors (Lipinski definition) is 5. The summed E-state index contributed by atoms with van der Waals surface area (Å²) in [5.41, 5.74) is 0.158. The van der Waals surface area contributed by atoms with Gasteiger partial charge in [-0.25, -0.2) is 0 Å². The van der Waals surface area contributed by atoms with E-state index < -0.39 is 43.4 Å². The summed E-state index contributed by atoms with van der Waals surface area (Å²) in [4.78, 5) is 34.8. The molecule has 0 saturated heterocycles. The zero-order valence-electron chi connectivity index (χ0n) is 17.2. The minimum absolute atomic E-state index is 0.00683. The normalized spacial score (nSPS) is 11.6. The fraction of sp³-hybridized carbons (Fsp3) is 0.182. The van der Waals surface area contributed by atoms with Crippen molar-refractivity contribution in [2.75, 3.05) is 13.2 Å². The Morgan fingerprint density at radius 3 is 2.33 bits per heavy atom. The predicted octanol–water partition coefficient (Wildman–Crippen LogP) is 2.75. The van der Waals surface area contributed by atoms with Crippen molar-refractivity contribution in [2.45, 2.75) is 12.5 Å². The largest absolute Gasteiger partial charge is 0.487 e. The van der Waals surface area contributed by atoms with Crippen LogP contribution in [0.15, 0.2) is 72.9 Å². The first-order valence-electron chi connectivity index (χ1n) is 9.71. The van der Waals surface area contributed by atoms with Crippen LogP contribution in [0.2, 0.25) is 0 Å². The molecular weight excluding hydrogens is 457 g/mol. The summed E-state index contributed by atoms with van der Waals surface area (Å²) in [6.45, 7) is -1.74. The number of para-hydroxylation sites is 2. The van der Waals surface area contributed by atoms with Crippen LogP contribution in [0.1, 0.15) is 11.3 Å². The molecule has 0 fully saturated rings. The molecule has 174 valence electrons. The SMILES string of the molecule is O=C(COc1ccccc1P(=O)(O)O)NCC(F)(F)c1ccccc1OCc1ccccn1. The lowest BCUT2D eigenvalue weighted by Gasteiger charge is -2.21. The molecule has 0 radical (unpaired) electrons. The average molecular weight is 478 g/mol. The maximum absolute atomic E-state index is 14.8. The van der Waals surface area contributed by atoms with Gasteiger partial charge in [0.05, 0.1) is 17.8 Å². The van der Waals surface area contributed by atoms with Gasteiger partial charge in [-0.15, -0.1) is 0 Å². The number of carbonyl (C=O) groups excluding carboxylic acids is 1. The number of nitrogens with zero attached hydrogens (tertiary/aromatic N) is 1. The number of alkyl halides is 2. The number of aromatic nitrogens is 1. The van der Waals surface area contributed by atoms with Crippen LogP contribution in [0.3, 0.4) is 0 Å². The number of nitrogens with one attached hydrogen (secondary N) is 1. The second-order valence-electron chi connectivity index (χ2n) is 6.89. The Morgan fingerprint density at radius 2 is 1.64 bits per heavy atom. The molecule has 0 aliphatic rings. The highest BCUT2D eigenvalue weighted by molar-refractivity contribution is 7.60. The summed E-state index contributed by atoms with van der Waals surface area (Å²) in [6.07, 6.45) is 1.56. The molecular formula is C22H21F2N2O6P. The number of ether oxygens (including phenoxy) is 2. The highest BCUT2D eigenvalue weighted by Gasteiger charge is 2.35. The molecule has 2 aromatic carbocycles. The van der Waals surface area contributed by atoms with Gasteiger partial charge >= 0.3 is 7.60 Å². The number of amides is 1. The molecule has 0 bridgehead atoms. The first-order chi connectivity index (χ1) is 15.7. The molecule has 33 heavy (non-hydrogen) atoms. The van der Waals surface area contributed by atoms with Gasteiger partial charge in [0.1, 0.15) is 23.4 Å². The maximum atomic E-state index is 14.8. The second kappa shape index (κ2) is 10.5. The summed E-state index contributed by atoms with van der Waals surface area (Å²) >= 11 is 0. The van der Waals surface area contributed by atoms with Gasteiger partial charge in [-0.3, -0.25) is 14.3 Å². The Kier molecular flexibility index (Phi) is 7.75. The van der Waals surface area contributed by atoms with E-state index in [-0.39, 0.29) is 18.1 Å². The number of halogens is 2. The van der Waals surface area contributed by atoms with Crippen molar-refractivity contribution in [2.24, 2.45) is 0 Å². The van der Waals surface area contributed by atoms with Crippen LogP contribution >= 0.6 is 7.60 Å². The smallest absolute Gasteiger partial charge is 0.359 e. The molecule has 1 aromatic heterocycles. The van der Waals surface area contributed by atoms with Crippen LogP contribution in [-0.2, 0) is 21.9 Å². The Balaban J connectivity index is 1.60. The van der Waals surface area contributed by atoms with Crippen LogP contribution in [0.25, 0.3) is 0 Å². The molecule has 0 aliphatic carbocycles. The van der Waals surface area contributed by atoms with E-state index in [4.69, 9.17) is 9.47 Å². The minimum atomic E-state index is -4.63. The van der Waals surface area contributed by atoms with Gasteiger partial charge in [-0.2, -0.15) is 8.78 Å². The molecule has 1 heterocycles. The highest BCUT2D eigenvalue weighted by Crippen LogP contribution is 2.37. The van der Waals surface area contributed by atoms with Gasteiger partial charge in [0.25, 0.3) is 11.8 Å². The van der Waals surface area contributed by atoms with Gasteiger partial charge < -0.3 is 24.6 Å². The number of benzene rings is 2. The fourth-order valence-corrected chi connectivity index (χ4v) is 3.56. The number of pyridine rings is 1. The quantitative estimate of drug-likeness (QED) is 0.384. The lowest BCUT2D eigenvalue weighted by molar-refractivity contribution is -0.125. The average Bonchev–Trinajstić information content (AvgIpc) is 2.80. The van der Waals surface area contributed by atoms with E-state index in [1.807, 2.05) is 0 Å². The maximum Gasteiger partial charge on any atom is 0.359 e. The van der Waals surface area contributed by atoms with Crippen molar-refractivity contribution >= 4 is 18.8 Å². The molecule has 0 saturated carbocycles. The zero-order chi connectivity index (χ0) is 23.9. The summed E-state index contributed by atoms with van der Waals surface area (Å²) in [5.74, 6) is -4.60. The van der Waals surface area contributed by atoms with E-state index >= 15 is 0 Å². The van der Waals surface area contributed by atoms with Crippen LogP contribution in [0.5, 0.6) is 11.5 Å². The van der Waals surface area contributed by atoms with Crippen molar-refractivity contribution in [1.29, 1.82) is 0 Å². The standard InChI is InChI=1S/C22H21F2N2O6P/c23-22(24,17-8-1-2-9-18(17)31-13-16-7-5-6-12-25-16)15-26-21(27)14-32-19-10-3-4-11-20(19)33(28,29)30/h1-12H,13-15H2,(H,26,27)(H2,28,29,30). The molecule has 8 nitrogen and oxygen atoms in total. The summed E-state index contributed by atoms with van der Waals surface area (Å²) in [5, 5.41) is 1.67. The van der Waals surface area contributed by atoms with E-state index in [0.29, 0.717) is 5.69 Å². The van der Waals surface area contributed by atoms with Gasteiger partial charge in [0.15, 0.2) is 6.61 Å². The lowest BCUT2D eigenvalue weighted by atomic mass is 10.1. The van der Waals surface area contributed by atoms with Crippen molar-refractivity contribution in [1.82, 2.24) is 10.3 Å². The zero-order valence-corrected chi connectivity index (χ0v) is 18.1. The van der Waals surface area contributed by atoms with Crippen molar-refractivity contribution in [3.05, 3.63) is 84.2 Å². The van der Waals surface area contributed by atoms with Crippen LogP contribution in [-0.4, -0.2) is 33.8 Å². The van der Waals surface area contributed by atoms with E-state index in [0.717, 1.165) is 6.07 Å². The first kappa shape index (κ1) is 24.3. The molecule has 3 N–H and O–H groups in total. The summed E-state index contributed by atoms with van der Waals surface area (Å²) < 4.78 is 51.8. The van der Waals surface area contributed by atoms with Gasteiger partial charge in [-0.1, -0.05) is 30.3 Å². The Labute approximate surface area is 188 Å². The molecule has 1 amide bonds. The highest BCUT2D eigenvalue weighted by atomic mass is 31.2. The fourth-order valence-electron chi connectivity index (χ4n) is 2.85. The molecule has 0 aliphatic heterocycles. The third-order valence-corrected chi connectivity index (χ3v) is 5.43. The van der Waals surface area contributed by atoms with Crippen molar-refractivity contribution in [3.63, 3.8) is 0 Å². The molecule has 0 spiro atoms. The third-order valence-electron chi connectivity index (χ3n) is 4.43.